The molecule has 3 unspecified atom stereocenters. The number of nitrogens with zero attached hydrogens (tertiary/aromatic N) is 1. The van der Waals surface area contributed by atoms with Crippen molar-refractivity contribution < 1.29 is 24.2 Å². The van der Waals surface area contributed by atoms with Crippen molar-refractivity contribution in [2.45, 2.75) is 55.6 Å². The second kappa shape index (κ2) is 9.84. The summed E-state index contributed by atoms with van der Waals surface area (Å²) in [6, 6.07) is 12.1. The summed E-state index contributed by atoms with van der Waals surface area (Å²) in [4.78, 5) is 27.6. The van der Waals surface area contributed by atoms with Gasteiger partial charge in [0.15, 0.2) is 17.6 Å². The number of amides is 2. The van der Waals surface area contributed by atoms with Crippen molar-refractivity contribution in [2.24, 2.45) is 0 Å². The minimum Gasteiger partial charge on any atom is -0.492 e. The van der Waals surface area contributed by atoms with Gasteiger partial charge in [0.25, 0.3) is 5.91 Å². The Morgan fingerprint density at radius 2 is 1.93 bits per heavy atom. The van der Waals surface area contributed by atoms with Gasteiger partial charge in [0.05, 0.1) is 30.3 Å². The number of benzene rings is 2. The summed E-state index contributed by atoms with van der Waals surface area (Å²) in [5.41, 5.74) is -0.0944. The molecular formula is C28H34N8O5. The fourth-order valence-electron chi connectivity index (χ4n) is 6.32. The van der Waals surface area contributed by atoms with E-state index >= 15 is 0 Å². The molecule has 8 N–H and O–H groups in total. The van der Waals surface area contributed by atoms with E-state index in [0.717, 1.165) is 12.0 Å². The number of fused-ring (bicyclic) bond motifs is 1. The monoisotopic (exact) mass is 562 g/mol. The SMILES string of the molecule is CC1(C)CCOc2c(C(=O)NC3CN4C(=N)N[C@@H](CNC(=O)Oc5ccccc5)C5NC(=N)NC54[C@@H]3O)cccc21. The van der Waals surface area contributed by atoms with Crippen LogP contribution in [0.3, 0.4) is 0 Å². The third-order valence-electron chi connectivity index (χ3n) is 8.45. The standard InChI is InChI=1S/C28H34N8O5/c1-27(2)11-12-40-20-16(9-6-10-17(20)27)23(38)32-19-14-36-25(30)33-18(21-28(36,22(19)37)35-24(29)34-21)13-31-26(39)41-15-7-4-3-5-8-15/h3-10,18-19,21-22,37H,11-14H2,1-2H3,(H2,30,33)(H,31,39)(H,32,38)(H3,29,34,35)/t18-,19?,21?,22+,28?/m0/s1. The molecular weight excluding hydrogens is 528 g/mol. The Labute approximate surface area is 237 Å². The molecule has 13 nitrogen and oxygen atoms in total. The number of hydrogen-bond acceptors (Lipinski definition) is 7. The topological polar surface area (TPSA) is 184 Å². The van der Waals surface area contributed by atoms with Gasteiger partial charge in [-0.05, 0) is 30.0 Å². The zero-order chi connectivity index (χ0) is 28.9. The van der Waals surface area contributed by atoms with Crippen LogP contribution in [0.4, 0.5) is 4.79 Å². The van der Waals surface area contributed by atoms with Gasteiger partial charge < -0.3 is 46.1 Å². The van der Waals surface area contributed by atoms with E-state index in [1.165, 1.54) is 0 Å². The molecule has 13 heteroatoms. The molecule has 3 fully saturated rings. The van der Waals surface area contributed by atoms with E-state index in [2.05, 4.69) is 40.4 Å². The number of carbonyl (C=O) groups excluding carboxylic acids is 2. The number of carbonyl (C=O) groups is 2. The summed E-state index contributed by atoms with van der Waals surface area (Å²) in [7, 11) is 0. The van der Waals surface area contributed by atoms with Crippen molar-refractivity contribution in [3.05, 3.63) is 59.7 Å². The number of aliphatic hydroxyl groups is 1. The lowest BCUT2D eigenvalue weighted by molar-refractivity contribution is 0.00619. The molecule has 41 heavy (non-hydrogen) atoms. The van der Waals surface area contributed by atoms with Gasteiger partial charge in [-0.3, -0.25) is 15.6 Å². The van der Waals surface area contributed by atoms with Gasteiger partial charge in [-0.15, -0.1) is 0 Å². The summed E-state index contributed by atoms with van der Waals surface area (Å²) in [5, 5.41) is 43.5. The van der Waals surface area contributed by atoms with Gasteiger partial charge in [0, 0.05) is 18.7 Å². The largest absolute Gasteiger partial charge is 0.492 e. The number of aliphatic hydroxyl groups excluding tert-OH is 1. The Morgan fingerprint density at radius 3 is 2.71 bits per heavy atom. The van der Waals surface area contributed by atoms with Gasteiger partial charge >= 0.3 is 6.09 Å². The molecule has 6 rings (SSSR count). The molecule has 0 aromatic heterocycles. The summed E-state index contributed by atoms with van der Waals surface area (Å²) in [6.07, 6.45) is -1.04. The Morgan fingerprint density at radius 1 is 1.15 bits per heavy atom. The van der Waals surface area contributed by atoms with E-state index in [1.807, 2.05) is 18.2 Å². The highest BCUT2D eigenvalue weighted by Gasteiger charge is 2.66. The normalized spacial score (nSPS) is 29.0. The van der Waals surface area contributed by atoms with Crippen molar-refractivity contribution in [3.63, 3.8) is 0 Å². The molecule has 216 valence electrons. The lowest BCUT2D eigenvalue weighted by Crippen LogP contribution is -2.78. The Bertz CT molecular complexity index is 1400. The summed E-state index contributed by atoms with van der Waals surface area (Å²) in [5.74, 6) is 0.503. The van der Waals surface area contributed by atoms with Gasteiger partial charge in [-0.25, -0.2) is 4.79 Å². The summed E-state index contributed by atoms with van der Waals surface area (Å²) >= 11 is 0. The maximum atomic E-state index is 13.5. The zero-order valence-corrected chi connectivity index (χ0v) is 22.8. The van der Waals surface area contributed by atoms with Crippen LogP contribution in [0.2, 0.25) is 0 Å². The maximum absolute atomic E-state index is 13.5. The Balaban J connectivity index is 1.20. The van der Waals surface area contributed by atoms with Crippen LogP contribution in [0.5, 0.6) is 11.5 Å². The zero-order valence-electron chi connectivity index (χ0n) is 22.8. The van der Waals surface area contributed by atoms with Crippen molar-refractivity contribution in [1.82, 2.24) is 31.5 Å². The van der Waals surface area contributed by atoms with E-state index in [9.17, 15) is 14.7 Å². The van der Waals surface area contributed by atoms with Gasteiger partial charge in [0.1, 0.15) is 17.6 Å². The van der Waals surface area contributed by atoms with Crippen LogP contribution < -0.4 is 36.1 Å². The summed E-state index contributed by atoms with van der Waals surface area (Å²) < 4.78 is 11.2. The smallest absolute Gasteiger partial charge is 0.412 e. The average Bonchev–Trinajstić information content (AvgIpc) is 3.43. The van der Waals surface area contributed by atoms with Crippen LogP contribution in [0.1, 0.15) is 36.2 Å². The van der Waals surface area contributed by atoms with Crippen molar-refractivity contribution >= 4 is 23.9 Å². The molecule has 4 heterocycles. The van der Waals surface area contributed by atoms with Crippen LogP contribution in [-0.4, -0.2) is 83.5 Å². The van der Waals surface area contributed by atoms with E-state index in [0.29, 0.717) is 23.7 Å². The Kier molecular flexibility index (Phi) is 6.40. The number of hydrogen-bond donors (Lipinski definition) is 8. The van der Waals surface area contributed by atoms with Crippen molar-refractivity contribution in [2.75, 3.05) is 19.7 Å². The predicted molar refractivity (Wildman–Crippen MR) is 149 cm³/mol. The molecule has 3 saturated heterocycles. The van der Waals surface area contributed by atoms with Crippen LogP contribution in [0.25, 0.3) is 0 Å². The van der Waals surface area contributed by atoms with E-state index in [4.69, 9.17) is 20.3 Å². The first-order valence-corrected chi connectivity index (χ1v) is 13.6. The average molecular weight is 563 g/mol. The predicted octanol–water partition coefficient (Wildman–Crippen LogP) is 0.409. The third kappa shape index (κ3) is 4.46. The first kappa shape index (κ1) is 26.7. The molecule has 4 aliphatic rings. The molecule has 1 spiro atoms. The van der Waals surface area contributed by atoms with Crippen LogP contribution in [0.15, 0.2) is 48.5 Å². The summed E-state index contributed by atoms with van der Waals surface area (Å²) in [6.45, 7) is 4.90. The lowest BCUT2D eigenvalue weighted by Gasteiger charge is -2.49. The quantitative estimate of drug-likeness (QED) is 0.256. The number of nitrogens with one attached hydrogen (secondary N) is 7. The minimum atomic E-state index is -1.30. The van der Waals surface area contributed by atoms with Crippen LogP contribution >= 0.6 is 0 Å². The van der Waals surface area contributed by atoms with E-state index in [-0.39, 0.29) is 30.4 Å². The number of guanidine groups is 2. The van der Waals surface area contributed by atoms with E-state index in [1.54, 1.807) is 35.2 Å². The highest BCUT2D eigenvalue weighted by atomic mass is 16.6. The van der Waals surface area contributed by atoms with Crippen LogP contribution in [0, 0.1) is 10.8 Å². The fraction of sp³-hybridized carbons (Fsp3) is 0.429. The number of rotatable bonds is 5. The van der Waals surface area contributed by atoms with E-state index < -0.39 is 41.9 Å². The molecule has 5 atom stereocenters. The highest BCUT2D eigenvalue weighted by molar-refractivity contribution is 5.98. The first-order valence-electron chi connectivity index (χ1n) is 13.6. The Hall–Kier alpha value is -4.52. The number of ether oxygens (including phenoxy) is 2. The first-order chi connectivity index (χ1) is 19.6. The molecule has 2 aromatic carbocycles. The van der Waals surface area contributed by atoms with Crippen molar-refractivity contribution in [3.8, 4) is 11.5 Å². The molecule has 0 aliphatic carbocycles. The second-order valence-corrected chi connectivity index (χ2v) is 11.4. The molecule has 0 bridgehead atoms. The molecule has 2 aromatic rings. The maximum Gasteiger partial charge on any atom is 0.412 e. The fourth-order valence-corrected chi connectivity index (χ4v) is 6.32. The van der Waals surface area contributed by atoms with Gasteiger partial charge in [0.2, 0.25) is 0 Å². The highest BCUT2D eigenvalue weighted by Crippen LogP contribution is 2.41. The number of para-hydroxylation sites is 2. The van der Waals surface area contributed by atoms with Gasteiger partial charge in [-0.2, -0.15) is 0 Å². The lowest BCUT2D eigenvalue weighted by atomic mass is 9.79. The van der Waals surface area contributed by atoms with Gasteiger partial charge in [-0.1, -0.05) is 44.2 Å². The molecule has 0 saturated carbocycles. The minimum absolute atomic E-state index is 0.00792. The van der Waals surface area contributed by atoms with Crippen molar-refractivity contribution in [1.29, 1.82) is 10.8 Å². The molecule has 2 amide bonds. The van der Waals surface area contributed by atoms with Crippen LogP contribution in [-0.2, 0) is 5.41 Å². The molecule has 4 aliphatic heterocycles. The molecule has 0 radical (unpaired) electrons. The third-order valence-corrected chi connectivity index (χ3v) is 8.45. The second-order valence-electron chi connectivity index (χ2n) is 11.4.